The van der Waals surface area contributed by atoms with Gasteiger partial charge >= 0.3 is 17.9 Å². The van der Waals surface area contributed by atoms with Crippen LogP contribution < -0.4 is 4.72 Å². The molecule has 1 aliphatic heterocycles. The minimum atomic E-state index is -4.21. The molecule has 13 nitrogen and oxygen atoms in total. The number of benzene rings is 1. The van der Waals surface area contributed by atoms with Crippen LogP contribution in [0.2, 0.25) is 0 Å². The maximum absolute atomic E-state index is 12.9. The van der Waals surface area contributed by atoms with E-state index in [4.69, 9.17) is 24.5 Å². The molecule has 0 radical (unpaired) electrons. The van der Waals surface area contributed by atoms with E-state index in [9.17, 15) is 22.8 Å². The van der Waals surface area contributed by atoms with Gasteiger partial charge in [0.05, 0.1) is 10.9 Å². The average Bonchev–Trinajstić information content (AvgIpc) is 2.71. The summed E-state index contributed by atoms with van der Waals surface area (Å²) in [6, 6.07) is 5.78. The number of hydrogen-bond acceptors (Lipinski definition) is 10. The third-order valence-corrected chi connectivity index (χ3v) is 5.71. The molecule has 32 heavy (non-hydrogen) atoms. The monoisotopic (exact) mass is 470 g/mol. The number of azide groups is 1. The van der Waals surface area contributed by atoms with Crippen LogP contribution in [0.15, 0.2) is 40.3 Å². The Morgan fingerprint density at radius 3 is 2.19 bits per heavy atom. The molecule has 1 fully saturated rings. The van der Waals surface area contributed by atoms with Gasteiger partial charge in [-0.2, -0.15) is 0 Å². The second kappa shape index (κ2) is 10.9. The van der Waals surface area contributed by atoms with Crippen LogP contribution in [-0.4, -0.2) is 63.5 Å². The summed E-state index contributed by atoms with van der Waals surface area (Å²) in [5, 5.41) is 3.45. The van der Waals surface area contributed by atoms with Crippen LogP contribution in [0.1, 0.15) is 20.8 Å². The standard InChI is InChI=1S/C18H22N4O9S/c1-10(23)28-9-14-16(29-11(2)24)17(30-12(3)25)15(18(31-14)20-22-19)21-32(26,27)13-7-5-4-6-8-13/h4-8,14-18,21H,9H2,1-3H3/t14-,15-,16-,17-,18-/m1/s1. The zero-order valence-corrected chi connectivity index (χ0v) is 18.2. The first kappa shape index (κ1) is 25.1. The van der Waals surface area contributed by atoms with E-state index < -0.39 is 65.1 Å². The molecule has 0 aliphatic carbocycles. The van der Waals surface area contributed by atoms with Gasteiger partial charge < -0.3 is 18.9 Å². The van der Waals surface area contributed by atoms with E-state index in [-0.39, 0.29) is 4.90 Å². The van der Waals surface area contributed by atoms with Gasteiger partial charge in [-0.15, -0.1) is 0 Å². The SMILES string of the molecule is CC(=O)OC[C@H]1O[C@@H](N=[N+]=[N-])[C@H](NS(=O)(=O)c2ccccc2)[C@@H](OC(C)=O)[C@@H]1OC(C)=O. The van der Waals surface area contributed by atoms with Gasteiger partial charge in [-0.05, 0) is 17.7 Å². The first-order chi connectivity index (χ1) is 15.0. The minimum Gasteiger partial charge on any atom is -0.463 e. The summed E-state index contributed by atoms with van der Waals surface area (Å²) in [6.45, 7) is 2.83. The summed E-state index contributed by atoms with van der Waals surface area (Å²) in [6.07, 6.45) is -5.61. The second-order valence-electron chi connectivity index (χ2n) is 6.68. The Morgan fingerprint density at radius 1 is 1.06 bits per heavy atom. The van der Waals surface area contributed by atoms with Crippen LogP contribution in [0.5, 0.6) is 0 Å². The Labute approximate surface area is 183 Å². The number of nitrogens with zero attached hydrogens (tertiary/aromatic N) is 3. The molecule has 174 valence electrons. The summed E-state index contributed by atoms with van der Waals surface area (Å²) in [5.74, 6) is -2.30. The second-order valence-corrected chi connectivity index (χ2v) is 8.39. The van der Waals surface area contributed by atoms with E-state index in [0.717, 1.165) is 20.8 Å². The quantitative estimate of drug-likeness (QED) is 0.189. The lowest BCUT2D eigenvalue weighted by Gasteiger charge is -2.43. The van der Waals surface area contributed by atoms with Gasteiger partial charge in [0.25, 0.3) is 0 Å². The molecule has 5 atom stereocenters. The molecular formula is C18H22N4O9S. The van der Waals surface area contributed by atoms with Crippen LogP contribution in [0.25, 0.3) is 10.4 Å². The molecule has 0 spiro atoms. The highest BCUT2D eigenvalue weighted by Gasteiger charge is 2.51. The third kappa shape index (κ3) is 6.65. The van der Waals surface area contributed by atoms with Crippen molar-refractivity contribution in [3.63, 3.8) is 0 Å². The van der Waals surface area contributed by atoms with E-state index in [0.29, 0.717) is 0 Å². The van der Waals surface area contributed by atoms with Gasteiger partial charge in [-0.25, -0.2) is 13.1 Å². The predicted molar refractivity (Wildman–Crippen MR) is 106 cm³/mol. The van der Waals surface area contributed by atoms with Gasteiger partial charge in [-0.3, -0.25) is 14.4 Å². The van der Waals surface area contributed by atoms with Crippen molar-refractivity contribution in [1.29, 1.82) is 0 Å². The summed E-state index contributed by atoms with van der Waals surface area (Å²) < 4.78 is 49.1. The lowest BCUT2D eigenvalue weighted by Crippen LogP contribution is -2.65. The predicted octanol–water partition coefficient (Wildman–Crippen LogP) is 0.795. The van der Waals surface area contributed by atoms with Crippen molar-refractivity contribution >= 4 is 27.9 Å². The lowest BCUT2D eigenvalue weighted by atomic mass is 9.96. The Bertz CT molecular complexity index is 995. The van der Waals surface area contributed by atoms with Crippen molar-refractivity contribution in [2.24, 2.45) is 5.11 Å². The Balaban J connectivity index is 2.51. The molecule has 1 aromatic carbocycles. The van der Waals surface area contributed by atoms with E-state index in [1.807, 2.05) is 0 Å². The van der Waals surface area contributed by atoms with E-state index in [1.54, 1.807) is 6.07 Å². The first-order valence-corrected chi connectivity index (χ1v) is 10.8. The third-order valence-electron chi connectivity index (χ3n) is 4.23. The molecule has 0 aromatic heterocycles. The number of hydrogen-bond donors (Lipinski definition) is 1. The van der Waals surface area contributed by atoms with E-state index in [2.05, 4.69) is 14.7 Å². The highest BCUT2D eigenvalue weighted by Crippen LogP contribution is 2.29. The number of esters is 3. The van der Waals surface area contributed by atoms with Crippen LogP contribution in [-0.2, 0) is 43.4 Å². The summed E-state index contributed by atoms with van der Waals surface area (Å²) >= 11 is 0. The van der Waals surface area contributed by atoms with Crippen molar-refractivity contribution in [2.75, 3.05) is 6.61 Å². The Hall–Kier alpha value is -3.19. The van der Waals surface area contributed by atoms with E-state index >= 15 is 0 Å². The molecule has 1 N–H and O–H groups in total. The number of carbonyl (C=O) groups excluding carboxylic acids is 3. The van der Waals surface area contributed by atoms with Crippen molar-refractivity contribution in [1.82, 2.24) is 4.72 Å². The zero-order chi connectivity index (χ0) is 23.9. The van der Waals surface area contributed by atoms with Gasteiger partial charge in [0.2, 0.25) is 10.0 Å². The minimum absolute atomic E-state index is 0.118. The van der Waals surface area contributed by atoms with Crippen molar-refractivity contribution in [2.45, 2.75) is 56.2 Å². The zero-order valence-electron chi connectivity index (χ0n) is 17.4. The van der Waals surface area contributed by atoms with Crippen LogP contribution in [0, 0.1) is 0 Å². The summed E-state index contributed by atoms with van der Waals surface area (Å²) in [4.78, 5) is 37.3. The summed E-state index contributed by atoms with van der Waals surface area (Å²) in [7, 11) is -4.21. The molecular weight excluding hydrogens is 448 g/mol. The molecule has 2 rings (SSSR count). The molecule has 0 saturated carbocycles. The first-order valence-electron chi connectivity index (χ1n) is 9.30. The molecule has 1 aliphatic rings. The fourth-order valence-corrected chi connectivity index (χ4v) is 4.30. The van der Waals surface area contributed by atoms with Crippen molar-refractivity contribution < 1.29 is 41.7 Å². The lowest BCUT2D eigenvalue weighted by molar-refractivity contribution is -0.220. The van der Waals surface area contributed by atoms with Gasteiger partial charge in [-0.1, -0.05) is 23.3 Å². The van der Waals surface area contributed by atoms with Crippen LogP contribution in [0.4, 0.5) is 0 Å². The normalized spacial score (nSPS) is 25.2. The molecule has 0 bridgehead atoms. The number of rotatable bonds is 8. The van der Waals surface area contributed by atoms with Gasteiger partial charge in [0.1, 0.15) is 12.7 Å². The van der Waals surface area contributed by atoms with Crippen molar-refractivity contribution in [3.05, 3.63) is 40.8 Å². The number of carbonyl (C=O) groups is 3. The molecule has 0 amide bonds. The summed E-state index contributed by atoms with van der Waals surface area (Å²) in [5.41, 5.74) is 8.96. The largest absolute Gasteiger partial charge is 0.463 e. The maximum Gasteiger partial charge on any atom is 0.303 e. The number of sulfonamides is 1. The highest BCUT2D eigenvalue weighted by molar-refractivity contribution is 7.89. The highest BCUT2D eigenvalue weighted by atomic mass is 32.2. The van der Waals surface area contributed by atoms with Gasteiger partial charge in [0, 0.05) is 25.7 Å². The van der Waals surface area contributed by atoms with Crippen molar-refractivity contribution in [3.8, 4) is 0 Å². The molecule has 1 saturated heterocycles. The fourth-order valence-electron chi connectivity index (χ4n) is 3.04. The van der Waals surface area contributed by atoms with Gasteiger partial charge in [0.15, 0.2) is 18.4 Å². The van der Waals surface area contributed by atoms with Crippen LogP contribution in [0.3, 0.4) is 0 Å². The maximum atomic E-state index is 12.9. The van der Waals surface area contributed by atoms with E-state index in [1.165, 1.54) is 24.3 Å². The molecule has 1 heterocycles. The fraction of sp³-hybridized carbons (Fsp3) is 0.500. The molecule has 14 heteroatoms. The Morgan fingerprint density at radius 2 is 1.66 bits per heavy atom. The number of nitrogens with one attached hydrogen (secondary N) is 1. The number of ether oxygens (including phenoxy) is 4. The molecule has 0 unspecified atom stereocenters. The topological polar surface area (TPSA) is 183 Å². The Kier molecular flexibility index (Phi) is 8.55. The average molecular weight is 470 g/mol. The smallest absolute Gasteiger partial charge is 0.303 e. The molecule has 1 aromatic rings. The van der Waals surface area contributed by atoms with Crippen LogP contribution >= 0.6 is 0 Å².